The Hall–Kier alpha value is -1.65. The zero-order valence-electron chi connectivity index (χ0n) is 11.4. The third-order valence-corrected chi connectivity index (χ3v) is 3.76. The minimum atomic E-state index is -0.171. The number of rotatable bonds is 3. The molecule has 0 aliphatic rings. The van der Waals surface area contributed by atoms with Crippen molar-refractivity contribution in [3.8, 4) is 0 Å². The molecular weight excluding hydrogens is 318 g/mol. The van der Waals surface area contributed by atoms with Crippen molar-refractivity contribution in [1.82, 2.24) is 0 Å². The third-order valence-electron chi connectivity index (χ3n) is 3.10. The van der Waals surface area contributed by atoms with E-state index in [0.717, 1.165) is 21.2 Å². The van der Waals surface area contributed by atoms with E-state index >= 15 is 0 Å². The van der Waals surface area contributed by atoms with Crippen LogP contribution in [-0.4, -0.2) is 11.0 Å². The summed E-state index contributed by atoms with van der Waals surface area (Å²) in [6, 6.07) is 11.1. The van der Waals surface area contributed by atoms with Crippen molar-refractivity contribution < 1.29 is 9.90 Å². The number of anilines is 1. The molecule has 0 atom stereocenters. The lowest BCUT2D eigenvalue weighted by molar-refractivity contribution is 0.102. The van der Waals surface area contributed by atoms with Crippen molar-refractivity contribution in [2.75, 3.05) is 5.32 Å². The number of aryl methyl sites for hydroxylation is 2. The molecule has 0 radical (unpaired) electrons. The maximum Gasteiger partial charge on any atom is 0.256 e. The molecule has 104 valence electrons. The molecule has 4 heteroatoms. The highest BCUT2D eigenvalue weighted by molar-refractivity contribution is 9.10. The average Bonchev–Trinajstić information content (AvgIpc) is 2.41. The Bertz CT molecular complexity index is 653. The van der Waals surface area contributed by atoms with Crippen LogP contribution in [0.1, 0.15) is 27.0 Å². The Kier molecular flexibility index (Phi) is 4.57. The third kappa shape index (κ3) is 3.26. The second-order valence-corrected chi connectivity index (χ2v) is 5.60. The number of nitrogens with one attached hydrogen (secondary N) is 1. The average molecular weight is 334 g/mol. The van der Waals surface area contributed by atoms with Gasteiger partial charge in [-0.1, -0.05) is 18.2 Å². The highest BCUT2D eigenvalue weighted by Gasteiger charge is 2.11. The summed E-state index contributed by atoms with van der Waals surface area (Å²) in [5.41, 5.74) is 4.12. The molecule has 20 heavy (non-hydrogen) atoms. The largest absolute Gasteiger partial charge is 0.392 e. The lowest BCUT2D eigenvalue weighted by Gasteiger charge is -2.11. The van der Waals surface area contributed by atoms with E-state index in [1.54, 1.807) is 12.1 Å². The Balaban J connectivity index is 2.27. The van der Waals surface area contributed by atoms with Crippen LogP contribution < -0.4 is 5.32 Å². The highest BCUT2D eigenvalue weighted by Crippen LogP contribution is 2.22. The Morgan fingerprint density at radius 1 is 1.20 bits per heavy atom. The van der Waals surface area contributed by atoms with Gasteiger partial charge >= 0.3 is 0 Å². The quantitative estimate of drug-likeness (QED) is 0.897. The number of amides is 1. The molecule has 0 heterocycles. The number of carbonyl (C=O) groups excluding carboxylic acids is 1. The fraction of sp³-hybridized carbons (Fsp3) is 0.188. The number of hydrogen-bond acceptors (Lipinski definition) is 2. The van der Waals surface area contributed by atoms with E-state index in [2.05, 4.69) is 21.2 Å². The first-order valence-electron chi connectivity index (χ1n) is 6.29. The smallest absolute Gasteiger partial charge is 0.256 e. The van der Waals surface area contributed by atoms with E-state index in [-0.39, 0.29) is 12.5 Å². The van der Waals surface area contributed by atoms with E-state index in [4.69, 9.17) is 5.11 Å². The molecule has 0 aliphatic heterocycles. The van der Waals surface area contributed by atoms with Gasteiger partial charge in [0.2, 0.25) is 0 Å². The Morgan fingerprint density at radius 2 is 1.95 bits per heavy atom. The van der Waals surface area contributed by atoms with E-state index in [0.29, 0.717) is 11.3 Å². The number of halogens is 1. The first-order chi connectivity index (χ1) is 9.51. The van der Waals surface area contributed by atoms with Gasteiger partial charge in [0.05, 0.1) is 12.2 Å². The van der Waals surface area contributed by atoms with Crippen molar-refractivity contribution in [1.29, 1.82) is 0 Å². The van der Waals surface area contributed by atoms with Gasteiger partial charge < -0.3 is 10.4 Å². The molecule has 2 rings (SSSR count). The van der Waals surface area contributed by atoms with E-state index in [1.165, 1.54) is 0 Å². The van der Waals surface area contributed by atoms with Gasteiger partial charge in [-0.15, -0.1) is 0 Å². The van der Waals surface area contributed by atoms with Crippen LogP contribution in [0.25, 0.3) is 0 Å². The van der Waals surface area contributed by atoms with Crippen LogP contribution in [0.2, 0.25) is 0 Å². The van der Waals surface area contributed by atoms with Crippen LogP contribution in [-0.2, 0) is 6.61 Å². The molecule has 0 bridgehead atoms. The first kappa shape index (κ1) is 14.8. The van der Waals surface area contributed by atoms with Crippen molar-refractivity contribution in [3.05, 3.63) is 63.1 Å². The topological polar surface area (TPSA) is 49.3 Å². The highest BCUT2D eigenvalue weighted by atomic mass is 79.9. The molecule has 3 nitrogen and oxygen atoms in total. The summed E-state index contributed by atoms with van der Waals surface area (Å²) in [7, 11) is 0. The van der Waals surface area contributed by atoms with Crippen molar-refractivity contribution in [2.45, 2.75) is 20.5 Å². The van der Waals surface area contributed by atoms with Crippen molar-refractivity contribution in [3.63, 3.8) is 0 Å². The molecule has 0 fully saturated rings. The van der Waals surface area contributed by atoms with Crippen LogP contribution >= 0.6 is 15.9 Å². The fourth-order valence-corrected chi connectivity index (χ4v) is 2.57. The maximum atomic E-state index is 12.3. The maximum absolute atomic E-state index is 12.3. The Labute approximate surface area is 126 Å². The van der Waals surface area contributed by atoms with Gasteiger partial charge in [0, 0.05) is 10.2 Å². The molecule has 0 unspecified atom stereocenters. The van der Waals surface area contributed by atoms with Crippen LogP contribution in [0.3, 0.4) is 0 Å². The monoisotopic (exact) mass is 333 g/mol. The van der Waals surface area contributed by atoms with Crippen LogP contribution in [0, 0.1) is 13.8 Å². The van der Waals surface area contributed by atoms with E-state index < -0.39 is 0 Å². The van der Waals surface area contributed by atoms with Crippen LogP contribution in [0.4, 0.5) is 5.69 Å². The lowest BCUT2D eigenvalue weighted by Crippen LogP contribution is -2.13. The summed E-state index contributed by atoms with van der Waals surface area (Å²) in [6.07, 6.45) is 0. The molecule has 2 aromatic carbocycles. The normalized spacial score (nSPS) is 10.4. The molecule has 1 amide bonds. The predicted octanol–water partition coefficient (Wildman–Crippen LogP) is 3.81. The van der Waals surface area contributed by atoms with Gasteiger partial charge in [-0.3, -0.25) is 4.79 Å². The summed E-state index contributed by atoms with van der Waals surface area (Å²) < 4.78 is 0.769. The molecule has 0 spiro atoms. The van der Waals surface area contributed by atoms with Gasteiger partial charge in [0.15, 0.2) is 0 Å². The lowest BCUT2D eigenvalue weighted by atomic mass is 10.1. The number of aliphatic hydroxyl groups is 1. The van der Waals surface area contributed by atoms with Gasteiger partial charge in [0.1, 0.15) is 0 Å². The fourth-order valence-electron chi connectivity index (χ4n) is 1.90. The van der Waals surface area contributed by atoms with Gasteiger partial charge in [-0.05, 0) is 64.7 Å². The summed E-state index contributed by atoms with van der Waals surface area (Å²) in [6.45, 7) is 3.85. The summed E-state index contributed by atoms with van der Waals surface area (Å²) in [5.74, 6) is -0.171. The summed E-state index contributed by atoms with van der Waals surface area (Å²) in [4.78, 5) is 12.3. The molecule has 0 aromatic heterocycles. The molecule has 2 N–H and O–H groups in total. The number of aliphatic hydroxyl groups excluding tert-OH is 1. The summed E-state index contributed by atoms with van der Waals surface area (Å²) in [5, 5.41) is 12.0. The van der Waals surface area contributed by atoms with Crippen molar-refractivity contribution in [2.24, 2.45) is 0 Å². The number of benzene rings is 2. The predicted molar refractivity (Wildman–Crippen MR) is 83.9 cm³/mol. The van der Waals surface area contributed by atoms with E-state index in [1.807, 2.05) is 38.1 Å². The first-order valence-corrected chi connectivity index (χ1v) is 7.08. The number of hydrogen-bond donors (Lipinski definition) is 2. The van der Waals surface area contributed by atoms with E-state index in [9.17, 15) is 4.79 Å². The van der Waals surface area contributed by atoms with Crippen LogP contribution in [0.15, 0.2) is 40.9 Å². The minimum absolute atomic E-state index is 0.0443. The molecular formula is C16H16BrNO2. The zero-order chi connectivity index (χ0) is 14.7. The number of carbonyl (C=O) groups is 1. The standard InChI is InChI=1S/C16H16BrNO2/c1-10-3-6-13(14(17)7-10)16(20)18-15-8-12(9-19)5-4-11(15)2/h3-8,19H,9H2,1-2H3,(H,18,20). The molecule has 0 saturated carbocycles. The SMILES string of the molecule is Cc1ccc(C(=O)Nc2cc(CO)ccc2C)c(Br)c1. The Morgan fingerprint density at radius 3 is 2.60 bits per heavy atom. The molecule has 0 aliphatic carbocycles. The minimum Gasteiger partial charge on any atom is -0.392 e. The van der Waals surface area contributed by atoms with Crippen LogP contribution in [0.5, 0.6) is 0 Å². The van der Waals surface area contributed by atoms with Crippen molar-refractivity contribution >= 4 is 27.5 Å². The molecule has 0 saturated heterocycles. The van der Waals surface area contributed by atoms with Gasteiger partial charge in [0.25, 0.3) is 5.91 Å². The zero-order valence-corrected chi connectivity index (χ0v) is 13.0. The van der Waals surface area contributed by atoms with Gasteiger partial charge in [-0.2, -0.15) is 0 Å². The molecule has 2 aromatic rings. The summed E-state index contributed by atoms with van der Waals surface area (Å²) >= 11 is 3.41. The van der Waals surface area contributed by atoms with Gasteiger partial charge in [-0.25, -0.2) is 0 Å². The second-order valence-electron chi connectivity index (χ2n) is 4.74. The second kappa shape index (κ2) is 6.20.